The topological polar surface area (TPSA) is 85.2 Å². The number of amides is 1. The fraction of sp³-hybridized carbons (Fsp3) is 0.400. The van der Waals surface area contributed by atoms with Crippen molar-refractivity contribution in [1.82, 2.24) is 19.7 Å². The number of benzene rings is 2. The summed E-state index contributed by atoms with van der Waals surface area (Å²) in [4.78, 5) is 15.0. The smallest absolute Gasteiger partial charge is 0.233 e. The number of thioether (sulfide) groups is 1. The van der Waals surface area contributed by atoms with Crippen LogP contribution in [0.1, 0.15) is 31.7 Å². The average molecular weight is 499 g/mol. The summed E-state index contributed by atoms with van der Waals surface area (Å²) < 4.78 is 26.0. The summed E-state index contributed by atoms with van der Waals surface area (Å²) in [7, 11) is -3.07. The molecule has 0 bridgehead atoms. The van der Waals surface area contributed by atoms with Gasteiger partial charge in [0.15, 0.2) is 15.0 Å². The molecule has 0 spiro atoms. The summed E-state index contributed by atoms with van der Waals surface area (Å²) in [6.07, 6.45) is 1.13. The summed E-state index contributed by atoms with van der Waals surface area (Å²) in [5.41, 5.74) is 2.07. The third-order valence-corrected chi connectivity index (χ3v) is 8.44. The number of hydrogen-bond donors (Lipinski definition) is 0. The first-order chi connectivity index (χ1) is 16.3. The third-order valence-electron chi connectivity index (χ3n) is 5.78. The molecule has 1 atom stereocenters. The number of rotatable bonds is 9. The maximum atomic E-state index is 13.2. The largest absolute Gasteiger partial charge is 0.338 e. The molecule has 9 heteroatoms. The molecule has 4 rings (SSSR count). The highest BCUT2D eigenvalue weighted by molar-refractivity contribution is 7.99. The Bertz CT molecular complexity index is 1210. The molecule has 1 amide bonds. The molecule has 0 radical (unpaired) electrons. The molecule has 0 N–H and O–H groups in total. The molecule has 3 aromatic rings. The van der Waals surface area contributed by atoms with Crippen LogP contribution >= 0.6 is 11.8 Å². The summed E-state index contributed by atoms with van der Waals surface area (Å²) in [5.74, 6) is 1.37. The van der Waals surface area contributed by atoms with E-state index in [2.05, 4.69) is 22.3 Å². The maximum Gasteiger partial charge on any atom is 0.233 e. The number of carbonyl (C=O) groups is 1. The van der Waals surface area contributed by atoms with Crippen molar-refractivity contribution in [3.05, 3.63) is 72.1 Å². The Kier molecular flexibility index (Phi) is 7.73. The fourth-order valence-electron chi connectivity index (χ4n) is 4.20. The van der Waals surface area contributed by atoms with E-state index < -0.39 is 9.84 Å². The molecule has 1 aliphatic rings. The Hall–Kier alpha value is -2.65. The van der Waals surface area contributed by atoms with Crippen molar-refractivity contribution in [1.29, 1.82) is 0 Å². The fourth-order valence-corrected chi connectivity index (χ4v) is 6.79. The zero-order valence-electron chi connectivity index (χ0n) is 19.5. The van der Waals surface area contributed by atoms with E-state index in [0.717, 1.165) is 17.1 Å². The van der Waals surface area contributed by atoms with Crippen LogP contribution in [0.4, 0.5) is 0 Å². The Morgan fingerprint density at radius 2 is 1.76 bits per heavy atom. The van der Waals surface area contributed by atoms with Crippen LogP contribution in [0.2, 0.25) is 0 Å². The second-order valence-corrected chi connectivity index (χ2v) is 12.2. The number of carbonyl (C=O) groups excluding carboxylic acids is 1. The number of hydrogen-bond acceptors (Lipinski definition) is 6. The highest BCUT2D eigenvalue weighted by Gasteiger charge is 2.35. The molecule has 2 heterocycles. The van der Waals surface area contributed by atoms with Gasteiger partial charge in [-0.25, -0.2) is 8.42 Å². The van der Waals surface area contributed by atoms with Crippen molar-refractivity contribution in [3.8, 4) is 5.69 Å². The normalized spacial score (nSPS) is 17.2. The zero-order chi connectivity index (χ0) is 24.1. The van der Waals surface area contributed by atoms with Crippen LogP contribution < -0.4 is 0 Å². The Labute approximate surface area is 205 Å². The van der Waals surface area contributed by atoms with Crippen molar-refractivity contribution in [3.63, 3.8) is 0 Å². The first-order valence-corrected chi connectivity index (χ1v) is 14.3. The number of nitrogens with zero attached hydrogens (tertiary/aromatic N) is 4. The Balaban J connectivity index is 1.55. The summed E-state index contributed by atoms with van der Waals surface area (Å²) in [6, 6.07) is 19.7. The van der Waals surface area contributed by atoms with Gasteiger partial charge in [-0.15, -0.1) is 10.2 Å². The van der Waals surface area contributed by atoms with E-state index in [-0.39, 0.29) is 35.1 Å². The van der Waals surface area contributed by atoms with E-state index in [0.29, 0.717) is 24.5 Å². The van der Waals surface area contributed by atoms with Crippen LogP contribution in [0, 0.1) is 5.92 Å². The lowest BCUT2D eigenvalue weighted by Gasteiger charge is -2.29. The predicted molar refractivity (Wildman–Crippen MR) is 135 cm³/mol. The maximum absolute atomic E-state index is 13.2. The zero-order valence-corrected chi connectivity index (χ0v) is 21.1. The molecule has 1 fully saturated rings. The van der Waals surface area contributed by atoms with Crippen LogP contribution in [0.5, 0.6) is 0 Å². The first-order valence-electron chi connectivity index (χ1n) is 11.5. The van der Waals surface area contributed by atoms with Gasteiger partial charge in [-0.1, -0.05) is 74.1 Å². The van der Waals surface area contributed by atoms with Crippen molar-refractivity contribution < 1.29 is 13.2 Å². The van der Waals surface area contributed by atoms with Crippen LogP contribution in [0.25, 0.3) is 5.69 Å². The molecule has 1 aromatic heterocycles. The van der Waals surface area contributed by atoms with Gasteiger partial charge in [0.25, 0.3) is 0 Å². The molecule has 7 nitrogen and oxygen atoms in total. The van der Waals surface area contributed by atoms with Gasteiger partial charge in [0.05, 0.1) is 17.3 Å². The Morgan fingerprint density at radius 3 is 2.38 bits per heavy atom. The first kappa shape index (κ1) is 24.5. The summed E-state index contributed by atoms with van der Waals surface area (Å²) in [6.45, 7) is 4.63. The number of sulfone groups is 1. The highest BCUT2D eigenvalue weighted by atomic mass is 32.2. The van der Waals surface area contributed by atoms with Crippen LogP contribution in [-0.4, -0.2) is 63.8 Å². The standard InChI is InChI=1S/C25H30N4O3S2/c1-19(2)16-28(22-13-14-34(31,32)18-22)24(30)17-33-25-27-26-23(15-20-9-5-3-6-10-20)29(25)21-11-7-4-8-12-21/h3-12,19,22H,13-18H2,1-2H3. The molecule has 1 unspecified atom stereocenters. The Morgan fingerprint density at radius 1 is 1.09 bits per heavy atom. The molecule has 1 saturated heterocycles. The molecule has 0 aliphatic carbocycles. The quantitative estimate of drug-likeness (QED) is 0.419. The SMILES string of the molecule is CC(C)CN(C(=O)CSc1nnc(Cc2ccccc2)n1-c1ccccc1)C1CCS(=O)(=O)C1. The van der Waals surface area contributed by atoms with E-state index in [9.17, 15) is 13.2 Å². The number of aromatic nitrogens is 3. The van der Waals surface area contributed by atoms with Crippen LogP contribution in [0.3, 0.4) is 0 Å². The molecule has 1 aliphatic heterocycles. The van der Waals surface area contributed by atoms with Crippen LogP contribution in [-0.2, 0) is 21.1 Å². The van der Waals surface area contributed by atoms with Gasteiger partial charge in [0.1, 0.15) is 5.82 Å². The third kappa shape index (κ3) is 6.07. The lowest BCUT2D eigenvalue weighted by molar-refractivity contribution is -0.130. The van der Waals surface area contributed by atoms with Crippen LogP contribution in [0.15, 0.2) is 65.8 Å². The average Bonchev–Trinajstić information content (AvgIpc) is 3.39. The van der Waals surface area contributed by atoms with Crippen molar-refractivity contribution in [2.24, 2.45) is 5.92 Å². The second-order valence-electron chi connectivity index (χ2n) is 9.02. The van der Waals surface area contributed by atoms with Gasteiger partial charge in [0, 0.05) is 24.7 Å². The second kappa shape index (κ2) is 10.7. The lowest BCUT2D eigenvalue weighted by Crippen LogP contribution is -2.44. The molecular formula is C25H30N4O3S2. The van der Waals surface area contributed by atoms with Crippen molar-refractivity contribution in [2.45, 2.75) is 37.9 Å². The van der Waals surface area contributed by atoms with Crippen molar-refractivity contribution >= 4 is 27.5 Å². The lowest BCUT2D eigenvalue weighted by atomic mass is 10.1. The molecule has 34 heavy (non-hydrogen) atoms. The van der Waals surface area contributed by atoms with Crippen molar-refractivity contribution in [2.75, 3.05) is 23.8 Å². The van der Waals surface area contributed by atoms with Gasteiger partial charge < -0.3 is 4.90 Å². The van der Waals surface area contributed by atoms with Gasteiger partial charge in [-0.2, -0.15) is 0 Å². The minimum Gasteiger partial charge on any atom is -0.338 e. The van der Waals surface area contributed by atoms with Gasteiger partial charge in [-0.3, -0.25) is 9.36 Å². The number of para-hydroxylation sites is 1. The van der Waals surface area contributed by atoms with Gasteiger partial charge in [0.2, 0.25) is 5.91 Å². The van der Waals surface area contributed by atoms with Gasteiger partial charge >= 0.3 is 0 Å². The van der Waals surface area contributed by atoms with E-state index in [1.54, 1.807) is 4.90 Å². The van der Waals surface area contributed by atoms with E-state index in [1.165, 1.54) is 11.8 Å². The monoisotopic (exact) mass is 498 g/mol. The molecule has 2 aromatic carbocycles. The minimum absolute atomic E-state index is 0.0531. The summed E-state index contributed by atoms with van der Waals surface area (Å²) in [5, 5.41) is 9.50. The molecule has 180 valence electrons. The highest BCUT2D eigenvalue weighted by Crippen LogP contribution is 2.26. The predicted octanol–water partition coefficient (Wildman–Crippen LogP) is 3.62. The van der Waals surface area contributed by atoms with E-state index in [4.69, 9.17) is 0 Å². The summed E-state index contributed by atoms with van der Waals surface area (Å²) >= 11 is 1.34. The van der Waals surface area contributed by atoms with Gasteiger partial charge in [-0.05, 0) is 30.0 Å². The minimum atomic E-state index is -3.07. The molecule has 0 saturated carbocycles. The molecular weight excluding hydrogens is 468 g/mol. The van der Waals surface area contributed by atoms with E-state index >= 15 is 0 Å². The van der Waals surface area contributed by atoms with E-state index in [1.807, 2.05) is 66.9 Å².